The van der Waals surface area contributed by atoms with Gasteiger partial charge in [-0.3, -0.25) is 5.32 Å². The molecule has 1 fully saturated rings. The lowest BCUT2D eigenvalue weighted by Gasteiger charge is -2.29. The van der Waals surface area contributed by atoms with Crippen LogP contribution in [0.3, 0.4) is 0 Å². The summed E-state index contributed by atoms with van der Waals surface area (Å²) >= 11 is 0. The van der Waals surface area contributed by atoms with E-state index in [2.05, 4.69) is 10.3 Å². The van der Waals surface area contributed by atoms with Crippen molar-refractivity contribution >= 4 is 11.8 Å². The standard InChI is InChI=1S/C17H19N3O3/c21-13-5-4-10-20(12-13)17(22)19-16-9-8-15(11-18-16)23-14-6-2-1-3-7-14/h1-3,6-9,11,13,21H,4-5,10,12H2,(H,18,19,22). The first kappa shape index (κ1) is 15.3. The van der Waals surface area contributed by atoms with Gasteiger partial charge in [0.2, 0.25) is 0 Å². The van der Waals surface area contributed by atoms with E-state index in [1.807, 2.05) is 30.3 Å². The summed E-state index contributed by atoms with van der Waals surface area (Å²) in [6.45, 7) is 1.01. The number of anilines is 1. The summed E-state index contributed by atoms with van der Waals surface area (Å²) in [4.78, 5) is 17.9. The van der Waals surface area contributed by atoms with Crippen LogP contribution in [0, 0.1) is 0 Å². The van der Waals surface area contributed by atoms with E-state index < -0.39 is 6.10 Å². The molecule has 2 heterocycles. The number of para-hydroxylation sites is 1. The molecule has 2 aromatic rings. The summed E-state index contributed by atoms with van der Waals surface area (Å²) in [6, 6.07) is 12.6. The molecule has 0 radical (unpaired) electrons. The van der Waals surface area contributed by atoms with Gasteiger partial charge >= 0.3 is 6.03 Å². The lowest BCUT2D eigenvalue weighted by Crippen LogP contribution is -2.44. The molecule has 0 aliphatic carbocycles. The van der Waals surface area contributed by atoms with Crippen LogP contribution in [-0.4, -0.2) is 40.2 Å². The molecule has 1 aromatic carbocycles. The van der Waals surface area contributed by atoms with Crippen LogP contribution in [0.25, 0.3) is 0 Å². The number of piperidine rings is 1. The number of carbonyl (C=O) groups excluding carboxylic acids is 1. The second kappa shape index (κ2) is 7.11. The number of urea groups is 1. The van der Waals surface area contributed by atoms with Crippen LogP contribution < -0.4 is 10.1 Å². The second-order valence-corrected chi connectivity index (χ2v) is 5.47. The van der Waals surface area contributed by atoms with Crippen LogP contribution in [0.1, 0.15) is 12.8 Å². The van der Waals surface area contributed by atoms with Crippen LogP contribution in [-0.2, 0) is 0 Å². The third-order valence-electron chi connectivity index (χ3n) is 3.63. The smallest absolute Gasteiger partial charge is 0.323 e. The predicted octanol–water partition coefficient (Wildman–Crippen LogP) is 2.86. The topological polar surface area (TPSA) is 74.7 Å². The van der Waals surface area contributed by atoms with Crippen molar-refractivity contribution in [2.45, 2.75) is 18.9 Å². The van der Waals surface area contributed by atoms with Crippen LogP contribution in [0.2, 0.25) is 0 Å². The van der Waals surface area contributed by atoms with Gasteiger partial charge < -0.3 is 14.7 Å². The van der Waals surface area contributed by atoms with Gasteiger partial charge in [0.1, 0.15) is 17.3 Å². The van der Waals surface area contributed by atoms with Crippen molar-refractivity contribution in [1.29, 1.82) is 0 Å². The van der Waals surface area contributed by atoms with E-state index in [9.17, 15) is 9.90 Å². The van der Waals surface area contributed by atoms with Gasteiger partial charge in [0.15, 0.2) is 0 Å². The summed E-state index contributed by atoms with van der Waals surface area (Å²) in [6.07, 6.45) is 2.68. The molecule has 0 bridgehead atoms. The SMILES string of the molecule is O=C(Nc1ccc(Oc2ccccc2)cn1)N1CCCC(O)C1. The van der Waals surface area contributed by atoms with Crippen molar-refractivity contribution in [1.82, 2.24) is 9.88 Å². The zero-order valence-electron chi connectivity index (χ0n) is 12.7. The molecule has 1 atom stereocenters. The first-order valence-corrected chi connectivity index (χ1v) is 7.63. The molecule has 6 heteroatoms. The maximum Gasteiger partial charge on any atom is 0.323 e. The average molecular weight is 313 g/mol. The molecule has 0 saturated carbocycles. The number of hydrogen-bond donors (Lipinski definition) is 2. The maximum absolute atomic E-state index is 12.1. The number of aromatic nitrogens is 1. The highest BCUT2D eigenvalue weighted by molar-refractivity contribution is 5.88. The number of rotatable bonds is 3. The molecule has 2 amide bonds. The average Bonchev–Trinajstić information content (AvgIpc) is 2.57. The number of nitrogens with zero attached hydrogens (tertiary/aromatic N) is 2. The van der Waals surface area contributed by atoms with Gasteiger partial charge in [-0.25, -0.2) is 9.78 Å². The minimum absolute atomic E-state index is 0.243. The molecule has 1 aliphatic heterocycles. The second-order valence-electron chi connectivity index (χ2n) is 5.47. The molecule has 1 unspecified atom stereocenters. The Kier molecular flexibility index (Phi) is 4.73. The van der Waals surface area contributed by atoms with Crippen LogP contribution in [0.5, 0.6) is 11.5 Å². The number of benzene rings is 1. The van der Waals surface area contributed by atoms with E-state index in [4.69, 9.17) is 4.74 Å². The summed E-state index contributed by atoms with van der Waals surface area (Å²) in [7, 11) is 0. The Bertz CT molecular complexity index is 646. The summed E-state index contributed by atoms with van der Waals surface area (Å²) < 4.78 is 5.65. The third-order valence-corrected chi connectivity index (χ3v) is 3.63. The van der Waals surface area contributed by atoms with E-state index >= 15 is 0 Å². The number of amides is 2. The van der Waals surface area contributed by atoms with Crippen LogP contribution in [0.15, 0.2) is 48.7 Å². The van der Waals surface area contributed by atoms with E-state index in [-0.39, 0.29) is 6.03 Å². The van der Waals surface area contributed by atoms with Crippen molar-refractivity contribution in [2.24, 2.45) is 0 Å². The molecule has 1 aliphatic rings. The van der Waals surface area contributed by atoms with Gasteiger partial charge in [-0.05, 0) is 37.1 Å². The number of hydrogen-bond acceptors (Lipinski definition) is 4. The maximum atomic E-state index is 12.1. The third kappa shape index (κ3) is 4.20. The molecule has 1 aromatic heterocycles. The quantitative estimate of drug-likeness (QED) is 0.913. The highest BCUT2D eigenvalue weighted by Gasteiger charge is 2.22. The molecule has 1 saturated heterocycles. The first-order valence-electron chi connectivity index (χ1n) is 7.63. The summed E-state index contributed by atoms with van der Waals surface area (Å²) in [5.41, 5.74) is 0. The number of carbonyl (C=O) groups is 1. The minimum atomic E-state index is -0.441. The zero-order chi connectivity index (χ0) is 16.1. The van der Waals surface area contributed by atoms with E-state index in [1.54, 1.807) is 23.2 Å². The molecule has 0 spiro atoms. The van der Waals surface area contributed by atoms with E-state index in [1.165, 1.54) is 0 Å². The highest BCUT2D eigenvalue weighted by atomic mass is 16.5. The number of pyridine rings is 1. The van der Waals surface area contributed by atoms with Gasteiger partial charge in [0.25, 0.3) is 0 Å². The Hall–Kier alpha value is -2.60. The van der Waals surface area contributed by atoms with Gasteiger partial charge in [-0.15, -0.1) is 0 Å². The monoisotopic (exact) mass is 313 g/mol. The lowest BCUT2D eigenvalue weighted by atomic mass is 10.1. The van der Waals surface area contributed by atoms with Gasteiger partial charge in [0, 0.05) is 13.1 Å². The van der Waals surface area contributed by atoms with Crippen LogP contribution >= 0.6 is 0 Å². The Morgan fingerprint density at radius 1 is 1.22 bits per heavy atom. The molecular weight excluding hydrogens is 294 g/mol. The Morgan fingerprint density at radius 2 is 2.04 bits per heavy atom. The summed E-state index contributed by atoms with van der Waals surface area (Å²) in [5, 5.41) is 12.3. The van der Waals surface area contributed by atoms with Crippen molar-refractivity contribution < 1.29 is 14.6 Å². The number of nitrogens with one attached hydrogen (secondary N) is 1. The van der Waals surface area contributed by atoms with Crippen molar-refractivity contribution in [2.75, 3.05) is 18.4 Å². The number of ether oxygens (including phenoxy) is 1. The first-order chi connectivity index (χ1) is 11.2. The number of likely N-dealkylation sites (tertiary alicyclic amines) is 1. The van der Waals surface area contributed by atoms with Crippen molar-refractivity contribution in [3.63, 3.8) is 0 Å². The fourth-order valence-corrected chi connectivity index (χ4v) is 2.47. The Labute approximate surface area is 134 Å². The number of aliphatic hydroxyl groups excluding tert-OH is 1. The van der Waals surface area contributed by atoms with E-state index in [0.29, 0.717) is 24.7 Å². The van der Waals surface area contributed by atoms with Crippen molar-refractivity contribution in [3.05, 3.63) is 48.7 Å². The largest absolute Gasteiger partial charge is 0.456 e. The lowest BCUT2D eigenvalue weighted by molar-refractivity contribution is 0.0883. The highest BCUT2D eigenvalue weighted by Crippen LogP contribution is 2.21. The molecule has 120 valence electrons. The van der Waals surface area contributed by atoms with Gasteiger partial charge in [0.05, 0.1) is 12.3 Å². The van der Waals surface area contributed by atoms with Gasteiger partial charge in [-0.2, -0.15) is 0 Å². The number of β-amino-alcohol motifs (C(OH)–C–C–N with tert-alkyl or cyclic N) is 1. The molecule has 2 N–H and O–H groups in total. The van der Waals surface area contributed by atoms with Gasteiger partial charge in [-0.1, -0.05) is 18.2 Å². The molecule has 6 nitrogen and oxygen atoms in total. The van der Waals surface area contributed by atoms with E-state index in [0.717, 1.165) is 18.6 Å². The minimum Gasteiger partial charge on any atom is -0.456 e. The molecule has 3 rings (SSSR count). The Balaban J connectivity index is 1.58. The summed E-state index contributed by atoms with van der Waals surface area (Å²) in [5.74, 6) is 1.78. The zero-order valence-corrected chi connectivity index (χ0v) is 12.7. The normalized spacial score (nSPS) is 17.6. The van der Waals surface area contributed by atoms with Crippen LogP contribution in [0.4, 0.5) is 10.6 Å². The number of aliphatic hydroxyl groups is 1. The molecule has 23 heavy (non-hydrogen) atoms. The van der Waals surface area contributed by atoms with Crippen molar-refractivity contribution in [3.8, 4) is 11.5 Å². The fourth-order valence-electron chi connectivity index (χ4n) is 2.47. The fraction of sp³-hybridized carbons (Fsp3) is 0.294. The molecular formula is C17H19N3O3. The Morgan fingerprint density at radius 3 is 2.74 bits per heavy atom. The predicted molar refractivity (Wildman–Crippen MR) is 86.6 cm³/mol.